The van der Waals surface area contributed by atoms with E-state index in [2.05, 4.69) is 0 Å². The van der Waals surface area contributed by atoms with Crippen LogP contribution in [-0.4, -0.2) is 33.6 Å². The molecule has 0 fully saturated rings. The Morgan fingerprint density at radius 1 is 0.357 bits per heavy atom. The van der Waals surface area contributed by atoms with Gasteiger partial charge in [0.1, 0.15) is 0 Å². The second kappa shape index (κ2) is 10.1. The van der Waals surface area contributed by atoms with E-state index in [1.54, 1.807) is 0 Å². The zero-order valence-electron chi connectivity index (χ0n) is 11.7. The summed E-state index contributed by atoms with van der Waals surface area (Å²) in [6.45, 7) is 0. The van der Waals surface area contributed by atoms with E-state index in [0.717, 1.165) is 0 Å². The number of hydrogen-bond acceptors (Lipinski definition) is 0. The van der Waals surface area contributed by atoms with Crippen molar-refractivity contribution in [3.63, 3.8) is 0 Å². The molecule has 28 heavy (non-hydrogen) atoms. The third kappa shape index (κ3) is 5.74. The molecule has 1 radical (unpaired) electrons. The Hall–Kier alpha value is 5.51. The Balaban J connectivity index is 6.64. The minimum Gasteiger partial charge on any atom is -0.109 e. The topological polar surface area (TPSA) is 0 Å². The molecule has 0 aliphatic heterocycles. The summed E-state index contributed by atoms with van der Waals surface area (Å²) in [7, 11) is 0. The first-order chi connectivity index (χ1) is 11.7. The molecule has 0 unspecified atom stereocenters. The molecule has 0 aromatic heterocycles. The smallest absolute Gasteiger partial charge is 0.109 e. The van der Waals surface area contributed by atoms with Gasteiger partial charge in [0.15, 0.2) is 27.0 Å². The van der Waals surface area contributed by atoms with E-state index in [1.165, 1.54) is 0 Å². The molecular formula is C9Cl19. The standard InChI is InChI=1S/C9Cl19/c10-1(3(13,14)15)2(11,12)4(16,17)5(18,19)6(20,21)7(22,23)8(24,25)9(26,27)28. The van der Waals surface area contributed by atoms with E-state index < -0.39 is 39.0 Å². The first kappa shape index (κ1) is 33.5. The largest absolute Gasteiger partial charge is 0.226 e. The summed E-state index contributed by atoms with van der Waals surface area (Å²) in [5, 5.41) is -0.882. The van der Waals surface area contributed by atoms with Crippen LogP contribution in [0.4, 0.5) is 0 Å². The lowest BCUT2D eigenvalue weighted by atomic mass is 10.0. The molecule has 0 saturated heterocycles. The molecule has 0 amide bonds. The van der Waals surface area contributed by atoms with Crippen LogP contribution in [0.25, 0.3) is 0 Å². The van der Waals surface area contributed by atoms with Gasteiger partial charge >= 0.3 is 0 Å². The van der Waals surface area contributed by atoms with Crippen LogP contribution in [0, 0.1) is 5.38 Å². The molecule has 0 rings (SSSR count). The molecule has 169 valence electrons. The molecule has 0 aromatic carbocycles. The van der Waals surface area contributed by atoms with E-state index in [4.69, 9.17) is 220 Å². The zero-order valence-corrected chi connectivity index (χ0v) is 26.0. The van der Waals surface area contributed by atoms with Crippen LogP contribution < -0.4 is 0 Å². The third-order valence-corrected chi connectivity index (χ3v) is 14.4. The normalized spacial score (nSPS) is 16.7. The number of alkyl halides is 18. The Labute approximate surface area is 255 Å². The van der Waals surface area contributed by atoms with Gasteiger partial charge in [0.25, 0.3) is 0 Å². The Bertz CT molecular complexity index is 561. The molecule has 0 N–H and O–H groups in total. The van der Waals surface area contributed by atoms with Crippen molar-refractivity contribution in [2.75, 3.05) is 0 Å². The molecule has 0 atom stereocenters. The van der Waals surface area contributed by atoms with E-state index in [1.807, 2.05) is 0 Å². The minimum absolute atomic E-state index is 0.882. The number of rotatable bonds is 6. The Morgan fingerprint density at radius 2 is 0.607 bits per heavy atom. The fourth-order valence-corrected chi connectivity index (χ4v) is 6.75. The van der Waals surface area contributed by atoms with Crippen molar-refractivity contribution < 1.29 is 0 Å². The van der Waals surface area contributed by atoms with Gasteiger partial charge in [-0.15, -0.1) is 11.6 Å². The van der Waals surface area contributed by atoms with E-state index >= 15 is 0 Å². The van der Waals surface area contributed by atoms with Gasteiger partial charge in [-0.3, -0.25) is 0 Å². The molecular weight excluding hydrogens is 782 g/mol. The first-order valence-corrected chi connectivity index (χ1v) is 12.8. The lowest BCUT2D eigenvalue weighted by molar-refractivity contribution is 0.478. The van der Waals surface area contributed by atoms with Crippen molar-refractivity contribution in [3.05, 3.63) is 5.38 Å². The average Bonchev–Trinajstić information content (AvgIpc) is 2.42. The highest BCUT2D eigenvalue weighted by Crippen LogP contribution is 2.72. The van der Waals surface area contributed by atoms with Crippen LogP contribution in [0.15, 0.2) is 0 Å². The maximum Gasteiger partial charge on any atom is 0.226 e. The van der Waals surface area contributed by atoms with Crippen molar-refractivity contribution in [1.82, 2.24) is 0 Å². The molecule has 0 bridgehead atoms. The van der Waals surface area contributed by atoms with Crippen molar-refractivity contribution >= 4 is 220 Å². The molecule has 0 spiro atoms. The molecule has 0 saturated carbocycles. The fraction of sp³-hybridized carbons (Fsp3) is 0.889. The van der Waals surface area contributed by atoms with Crippen LogP contribution in [-0.2, 0) is 0 Å². The fourth-order valence-electron chi connectivity index (χ4n) is 1.28. The summed E-state index contributed by atoms with van der Waals surface area (Å²) in [4.78, 5) is 0. The van der Waals surface area contributed by atoms with Gasteiger partial charge in [0.2, 0.25) is 11.9 Å². The second-order valence-corrected chi connectivity index (χ2v) is 17.7. The van der Waals surface area contributed by atoms with Gasteiger partial charge in [-0.25, -0.2) is 0 Å². The molecule has 0 aromatic rings. The van der Waals surface area contributed by atoms with Gasteiger partial charge in [-0.1, -0.05) is 209 Å². The summed E-state index contributed by atoms with van der Waals surface area (Å²) in [5.41, 5.74) is 0. The Kier molecular flexibility index (Phi) is 12.1. The summed E-state index contributed by atoms with van der Waals surface area (Å²) in [6.07, 6.45) is 0. The van der Waals surface area contributed by atoms with Crippen molar-refractivity contribution in [2.45, 2.75) is 33.6 Å². The van der Waals surface area contributed by atoms with Crippen LogP contribution in [0.2, 0.25) is 0 Å². The van der Waals surface area contributed by atoms with E-state index in [-0.39, 0.29) is 0 Å². The molecule has 0 aliphatic carbocycles. The summed E-state index contributed by atoms with van der Waals surface area (Å²) >= 11 is 113. The average molecular weight is 782 g/mol. The molecule has 0 aliphatic rings. The van der Waals surface area contributed by atoms with Crippen LogP contribution in [0.5, 0.6) is 0 Å². The molecule has 19 heteroatoms. The molecule has 0 heterocycles. The lowest BCUT2D eigenvalue weighted by Crippen LogP contribution is -2.69. The summed E-state index contributed by atoms with van der Waals surface area (Å²) in [6, 6.07) is 0. The van der Waals surface area contributed by atoms with Crippen molar-refractivity contribution in [1.29, 1.82) is 0 Å². The second-order valence-electron chi connectivity index (χ2n) is 4.76. The first-order valence-electron chi connectivity index (χ1n) is 5.59. The SMILES string of the molecule is Cl[C](C(Cl)(Cl)Cl)C(Cl)(Cl)C(Cl)(Cl)C(Cl)(Cl)C(Cl)(Cl)C(Cl)(Cl)C(Cl)(Cl)C(Cl)(Cl)Cl. The Morgan fingerprint density at radius 3 is 0.857 bits per heavy atom. The van der Waals surface area contributed by atoms with E-state index in [9.17, 15) is 0 Å². The van der Waals surface area contributed by atoms with Gasteiger partial charge in [-0.05, 0) is 0 Å². The number of halogens is 19. The third-order valence-electron chi connectivity index (χ3n) is 2.85. The zero-order chi connectivity index (χ0) is 23.6. The van der Waals surface area contributed by atoms with Crippen LogP contribution >= 0.6 is 220 Å². The highest BCUT2D eigenvalue weighted by atomic mass is 35.6. The number of hydrogen-bond donors (Lipinski definition) is 0. The lowest BCUT2D eigenvalue weighted by Gasteiger charge is -2.53. The van der Waals surface area contributed by atoms with Gasteiger partial charge < -0.3 is 0 Å². The van der Waals surface area contributed by atoms with Gasteiger partial charge in [0, 0.05) is 0 Å². The summed E-state index contributed by atoms with van der Waals surface area (Å²) < 4.78 is -22.5. The quantitative estimate of drug-likeness (QED) is 0.236. The van der Waals surface area contributed by atoms with Crippen molar-refractivity contribution in [2.24, 2.45) is 0 Å². The predicted octanol–water partition coefficient (Wildman–Crippen LogP) is 11.5. The predicted molar refractivity (Wildman–Crippen MR) is 136 cm³/mol. The maximum atomic E-state index is 6.19. The highest BCUT2D eigenvalue weighted by molar-refractivity contribution is 6.83. The van der Waals surface area contributed by atoms with Gasteiger partial charge in [0.05, 0.1) is 0 Å². The molecule has 0 nitrogen and oxygen atoms in total. The van der Waals surface area contributed by atoms with Crippen LogP contribution in [0.3, 0.4) is 0 Å². The van der Waals surface area contributed by atoms with Crippen molar-refractivity contribution in [3.8, 4) is 0 Å². The maximum absolute atomic E-state index is 6.19. The minimum atomic E-state index is -3.01. The monoisotopic (exact) mass is 772 g/mol. The van der Waals surface area contributed by atoms with Gasteiger partial charge in [-0.2, -0.15) is 0 Å². The van der Waals surface area contributed by atoms with E-state index in [0.29, 0.717) is 0 Å². The van der Waals surface area contributed by atoms with Crippen LogP contribution in [0.1, 0.15) is 0 Å². The summed E-state index contributed by atoms with van der Waals surface area (Å²) in [5.74, 6) is 0. The highest BCUT2D eigenvalue weighted by Gasteiger charge is 2.80.